The van der Waals surface area contributed by atoms with Crippen LogP contribution in [0.4, 0.5) is 5.69 Å². The summed E-state index contributed by atoms with van der Waals surface area (Å²) in [7, 11) is 0. The number of aliphatic hydroxyl groups is 1. The fraction of sp³-hybridized carbons (Fsp3) is 0.269. The third-order valence-corrected chi connectivity index (χ3v) is 7.14. The van der Waals surface area contributed by atoms with Crippen LogP contribution in [0.3, 0.4) is 0 Å². The van der Waals surface area contributed by atoms with Gasteiger partial charge >= 0.3 is 0 Å². The van der Waals surface area contributed by atoms with Crippen molar-refractivity contribution in [1.29, 1.82) is 0 Å². The largest absolute Gasteiger partial charge is 0.503 e. The number of fused-ring (bicyclic) bond motifs is 1. The summed E-state index contributed by atoms with van der Waals surface area (Å²) in [6.45, 7) is 6.50. The molecule has 7 nitrogen and oxygen atoms in total. The molecule has 2 aliphatic heterocycles. The molecule has 0 spiro atoms. The van der Waals surface area contributed by atoms with Crippen molar-refractivity contribution < 1.29 is 24.2 Å². The summed E-state index contributed by atoms with van der Waals surface area (Å²) in [6, 6.07) is 12.1. The van der Waals surface area contributed by atoms with Gasteiger partial charge in [0.15, 0.2) is 17.3 Å². The van der Waals surface area contributed by atoms with E-state index in [1.165, 1.54) is 16.2 Å². The Balaban J connectivity index is 1.65. The molecule has 0 fully saturated rings. The summed E-state index contributed by atoms with van der Waals surface area (Å²) < 4.78 is 11.3. The predicted molar refractivity (Wildman–Crippen MR) is 129 cm³/mol. The van der Waals surface area contributed by atoms with Gasteiger partial charge < -0.3 is 14.6 Å². The standard InChI is InChI=1S/C26H24N2O5S/c1-4-16-5-7-17(8-6-16)22-21(23(29)25-14(2)27-15(3)34-25)24(30)26(31)28(22)18-9-10-19-20(13-18)33-12-11-32-19/h5-10,13,22,30H,4,11-12H2,1-3H3. The Morgan fingerprint density at radius 3 is 2.47 bits per heavy atom. The normalized spacial score (nSPS) is 17.4. The van der Waals surface area contributed by atoms with Gasteiger partial charge in [-0.05, 0) is 43.5 Å². The molecule has 0 aliphatic carbocycles. The number of carbonyl (C=O) groups excluding carboxylic acids is 2. The molecular weight excluding hydrogens is 452 g/mol. The van der Waals surface area contributed by atoms with Crippen molar-refractivity contribution in [2.24, 2.45) is 0 Å². The Bertz CT molecular complexity index is 1330. The summed E-state index contributed by atoms with van der Waals surface area (Å²) in [4.78, 5) is 33.3. The fourth-order valence-corrected chi connectivity index (χ4v) is 5.27. The van der Waals surface area contributed by atoms with Gasteiger partial charge in [0.2, 0.25) is 5.78 Å². The third kappa shape index (κ3) is 3.64. The maximum Gasteiger partial charge on any atom is 0.294 e. The van der Waals surface area contributed by atoms with Gasteiger partial charge in [-0.2, -0.15) is 0 Å². The molecule has 1 amide bonds. The molecule has 1 unspecified atom stereocenters. The second-order valence-corrected chi connectivity index (χ2v) is 9.44. The topological polar surface area (TPSA) is 89.0 Å². The second-order valence-electron chi connectivity index (χ2n) is 8.24. The molecule has 0 bridgehead atoms. The molecule has 0 radical (unpaired) electrons. The lowest BCUT2D eigenvalue weighted by Gasteiger charge is -2.28. The second kappa shape index (κ2) is 8.61. The Labute approximate surface area is 201 Å². The molecule has 1 N–H and O–H groups in total. The van der Waals surface area contributed by atoms with Crippen LogP contribution < -0.4 is 14.4 Å². The first-order chi connectivity index (χ1) is 16.4. The minimum Gasteiger partial charge on any atom is -0.503 e. The quantitative estimate of drug-likeness (QED) is 0.528. The van der Waals surface area contributed by atoms with Gasteiger partial charge in [0.05, 0.1) is 27.2 Å². The number of benzene rings is 2. The van der Waals surface area contributed by atoms with Crippen molar-refractivity contribution in [2.45, 2.75) is 33.2 Å². The van der Waals surface area contributed by atoms with E-state index in [-0.39, 0.29) is 5.57 Å². The SMILES string of the molecule is CCc1ccc(C2C(C(=O)c3sc(C)nc3C)=C(O)C(=O)N2c2ccc3c(c2)OCCO3)cc1. The number of amides is 1. The lowest BCUT2D eigenvalue weighted by molar-refractivity contribution is -0.117. The number of thiazole rings is 1. The van der Waals surface area contributed by atoms with E-state index in [4.69, 9.17) is 9.47 Å². The highest BCUT2D eigenvalue weighted by atomic mass is 32.1. The zero-order valence-corrected chi connectivity index (χ0v) is 19.9. The van der Waals surface area contributed by atoms with Crippen LogP contribution in [-0.2, 0) is 11.2 Å². The van der Waals surface area contributed by atoms with Crippen LogP contribution >= 0.6 is 11.3 Å². The average molecular weight is 477 g/mol. The van der Waals surface area contributed by atoms with Crippen LogP contribution in [0.5, 0.6) is 11.5 Å². The van der Waals surface area contributed by atoms with Crippen molar-refractivity contribution in [3.63, 3.8) is 0 Å². The summed E-state index contributed by atoms with van der Waals surface area (Å²) in [6.07, 6.45) is 0.863. The number of ether oxygens (including phenoxy) is 2. The van der Waals surface area contributed by atoms with Gasteiger partial charge in [-0.15, -0.1) is 11.3 Å². The lowest BCUT2D eigenvalue weighted by atomic mass is 9.94. The molecule has 5 rings (SSSR count). The number of Topliss-reactive ketones (excluding diaryl/α,β-unsaturated/α-hetero) is 1. The molecule has 0 saturated carbocycles. The van der Waals surface area contributed by atoms with E-state index in [2.05, 4.69) is 11.9 Å². The maximum atomic E-state index is 13.7. The monoisotopic (exact) mass is 476 g/mol. The zero-order chi connectivity index (χ0) is 24.0. The van der Waals surface area contributed by atoms with Crippen LogP contribution in [0.25, 0.3) is 0 Å². The number of ketones is 1. The number of hydrogen-bond donors (Lipinski definition) is 1. The van der Waals surface area contributed by atoms with E-state index in [0.717, 1.165) is 22.6 Å². The Kier molecular flexibility index (Phi) is 5.61. The number of rotatable bonds is 5. The molecular formula is C26H24N2O5S. The summed E-state index contributed by atoms with van der Waals surface area (Å²) in [5.41, 5.74) is 3.00. The molecule has 1 aromatic heterocycles. The average Bonchev–Trinajstić information content (AvgIpc) is 3.33. The molecule has 174 valence electrons. The smallest absolute Gasteiger partial charge is 0.294 e. The molecule has 0 saturated heterocycles. The van der Waals surface area contributed by atoms with Crippen molar-refractivity contribution in [1.82, 2.24) is 4.98 Å². The van der Waals surface area contributed by atoms with Gasteiger partial charge in [-0.25, -0.2) is 4.98 Å². The van der Waals surface area contributed by atoms with Crippen LogP contribution in [0.15, 0.2) is 53.8 Å². The predicted octanol–water partition coefficient (Wildman–Crippen LogP) is 4.88. The van der Waals surface area contributed by atoms with E-state index in [1.807, 2.05) is 31.2 Å². The molecule has 3 heterocycles. The molecule has 1 atom stereocenters. The van der Waals surface area contributed by atoms with Crippen molar-refractivity contribution in [3.8, 4) is 11.5 Å². The van der Waals surface area contributed by atoms with Crippen LogP contribution in [0.1, 0.15) is 44.5 Å². The summed E-state index contributed by atoms with van der Waals surface area (Å²) in [5.74, 6) is -0.462. The highest BCUT2D eigenvalue weighted by molar-refractivity contribution is 7.14. The zero-order valence-electron chi connectivity index (χ0n) is 19.1. The van der Waals surface area contributed by atoms with Gasteiger partial charge in [-0.1, -0.05) is 31.2 Å². The minimum atomic E-state index is -0.796. The number of hydrogen-bond acceptors (Lipinski definition) is 7. The van der Waals surface area contributed by atoms with Gasteiger partial charge in [0, 0.05) is 11.8 Å². The van der Waals surface area contributed by atoms with Crippen molar-refractivity contribution in [3.05, 3.63) is 80.5 Å². The minimum absolute atomic E-state index is 0.0517. The summed E-state index contributed by atoms with van der Waals surface area (Å²) >= 11 is 1.26. The van der Waals surface area contributed by atoms with Crippen molar-refractivity contribution in [2.75, 3.05) is 18.1 Å². The molecule has 2 aromatic carbocycles. The van der Waals surface area contributed by atoms with E-state index in [9.17, 15) is 14.7 Å². The number of carbonyl (C=O) groups is 2. The van der Waals surface area contributed by atoms with Gasteiger partial charge in [0.25, 0.3) is 5.91 Å². The summed E-state index contributed by atoms with van der Waals surface area (Å²) in [5, 5.41) is 11.7. The van der Waals surface area contributed by atoms with Crippen LogP contribution in [0, 0.1) is 13.8 Å². The van der Waals surface area contributed by atoms with Crippen molar-refractivity contribution >= 4 is 28.7 Å². The van der Waals surface area contributed by atoms with Gasteiger partial charge in [0.1, 0.15) is 13.2 Å². The van der Waals surface area contributed by atoms with E-state index < -0.39 is 23.5 Å². The third-order valence-electron chi connectivity index (χ3n) is 6.07. The first-order valence-corrected chi connectivity index (χ1v) is 11.9. The molecule has 2 aliphatic rings. The lowest BCUT2D eigenvalue weighted by Crippen LogP contribution is -2.31. The molecule has 8 heteroatoms. The highest BCUT2D eigenvalue weighted by Crippen LogP contribution is 2.45. The molecule has 34 heavy (non-hydrogen) atoms. The number of nitrogens with zero attached hydrogens (tertiary/aromatic N) is 2. The maximum absolute atomic E-state index is 13.7. The Hall–Kier alpha value is -3.65. The highest BCUT2D eigenvalue weighted by Gasteiger charge is 2.45. The first kappa shape index (κ1) is 22.2. The van der Waals surface area contributed by atoms with E-state index in [0.29, 0.717) is 41.0 Å². The number of aryl methyl sites for hydroxylation is 3. The first-order valence-electron chi connectivity index (χ1n) is 11.1. The molecule has 3 aromatic rings. The Morgan fingerprint density at radius 1 is 1.12 bits per heavy atom. The van der Waals surface area contributed by atoms with Crippen LogP contribution in [0.2, 0.25) is 0 Å². The number of aromatic nitrogens is 1. The van der Waals surface area contributed by atoms with Crippen LogP contribution in [-0.4, -0.2) is 35.0 Å². The fourth-order valence-electron chi connectivity index (χ4n) is 4.40. The Morgan fingerprint density at radius 2 is 1.82 bits per heavy atom. The van der Waals surface area contributed by atoms with E-state index >= 15 is 0 Å². The van der Waals surface area contributed by atoms with Gasteiger partial charge in [-0.3, -0.25) is 14.5 Å². The number of aliphatic hydroxyl groups excluding tert-OH is 1. The van der Waals surface area contributed by atoms with E-state index in [1.54, 1.807) is 25.1 Å². The number of anilines is 1.